The molecule has 6 heterocycles. The monoisotopic (exact) mass is 880 g/mol. The summed E-state index contributed by atoms with van der Waals surface area (Å²) in [4.78, 5) is 49.6. The average molecular weight is 881 g/mol. The van der Waals surface area contributed by atoms with Gasteiger partial charge in [-0.2, -0.15) is 0 Å². The summed E-state index contributed by atoms with van der Waals surface area (Å²) in [5, 5.41) is 13.7. The Kier molecular flexibility index (Phi) is 11.5. The van der Waals surface area contributed by atoms with E-state index >= 15 is 13.2 Å². The Labute approximate surface area is 369 Å². The van der Waals surface area contributed by atoms with Crippen molar-refractivity contribution in [2.75, 3.05) is 57.3 Å². The number of anilines is 1. The fraction of sp³-hybridized carbons (Fsp3) is 0.447. The number of urea groups is 1. The highest BCUT2D eigenvalue weighted by Crippen LogP contribution is 2.46. The van der Waals surface area contributed by atoms with Gasteiger partial charge in [-0.05, 0) is 79.1 Å². The number of hydrogen-bond donors (Lipinski definition) is 5. The van der Waals surface area contributed by atoms with Gasteiger partial charge in [0.05, 0.1) is 24.1 Å². The van der Waals surface area contributed by atoms with Crippen molar-refractivity contribution in [3.63, 3.8) is 0 Å². The van der Waals surface area contributed by atoms with Gasteiger partial charge in [0, 0.05) is 112 Å². The zero-order chi connectivity index (χ0) is 44.9. The Morgan fingerprint density at radius 2 is 1.62 bits per heavy atom. The minimum absolute atomic E-state index is 0.0719. The van der Waals surface area contributed by atoms with Gasteiger partial charge in [0.2, 0.25) is 5.91 Å². The van der Waals surface area contributed by atoms with Gasteiger partial charge in [0.1, 0.15) is 22.9 Å². The Morgan fingerprint density at radius 3 is 2.30 bits per heavy atom. The number of nitrogens with one attached hydrogen (secondary N) is 1. The van der Waals surface area contributed by atoms with Crippen molar-refractivity contribution >= 4 is 40.3 Å². The average Bonchev–Trinajstić information content (AvgIpc) is 4.05. The maximum Gasteiger partial charge on any atom is 0.328 e. The molecule has 1 atom stereocenters. The number of aromatic nitrogens is 2. The summed E-state index contributed by atoms with van der Waals surface area (Å²) in [6.07, 6.45) is 9.50. The highest BCUT2D eigenvalue weighted by atomic mass is 19.3. The number of piperidine rings is 3. The first-order valence-electron chi connectivity index (χ1n) is 22.2. The number of allylic oxidation sites excluding steroid dienone is 1. The molecule has 338 valence electrons. The van der Waals surface area contributed by atoms with Crippen LogP contribution in [0.1, 0.15) is 96.3 Å². The number of pyridine rings is 1. The number of benzene rings is 2. The molecule has 0 spiro atoms. The lowest BCUT2D eigenvalue weighted by molar-refractivity contribution is -0.120. The predicted octanol–water partition coefficient (Wildman–Crippen LogP) is 5.86. The Balaban J connectivity index is 0.790. The van der Waals surface area contributed by atoms with E-state index in [2.05, 4.69) is 21.0 Å². The highest BCUT2D eigenvalue weighted by molar-refractivity contribution is 6.06. The Morgan fingerprint density at radius 1 is 0.906 bits per heavy atom. The van der Waals surface area contributed by atoms with E-state index in [1.807, 2.05) is 6.07 Å². The van der Waals surface area contributed by atoms with Crippen LogP contribution in [-0.4, -0.2) is 111 Å². The molecule has 1 saturated carbocycles. The van der Waals surface area contributed by atoms with Crippen LogP contribution in [0, 0.1) is 0 Å². The second kappa shape index (κ2) is 17.0. The third kappa shape index (κ3) is 8.94. The van der Waals surface area contributed by atoms with Crippen molar-refractivity contribution in [1.82, 2.24) is 29.6 Å². The second-order valence-corrected chi connectivity index (χ2v) is 18.3. The topological polar surface area (TPSA) is 192 Å². The number of imide groups is 1. The number of carbonyl (C=O) groups is 3. The molecule has 1 unspecified atom stereocenters. The Hall–Kier alpha value is -6.23. The molecule has 5 aliphatic rings. The number of rotatable bonds is 10. The van der Waals surface area contributed by atoms with Crippen molar-refractivity contribution in [3.8, 4) is 5.75 Å². The first-order chi connectivity index (χ1) is 30.6. The van der Waals surface area contributed by atoms with Gasteiger partial charge in [-0.3, -0.25) is 19.8 Å². The van der Waals surface area contributed by atoms with E-state index in [1.54, 1.807) is 58.5 Å². The van der Waals surface area contributed by atoms with Gasteiger partial charge in [0.15, 0.2) is 0 Å². The molecular formula is C47H55F3N10O4. The van der Waals surface area contributed by atoms with Crippen molar-refractivity contribution < 1.29 is 32.7 Å². The zero-order valence-corrected chi connectivity index (χ0v) is 35.7. The summed E-state index contributed by atoms with van der Waals surface area (Å²) in [7, 11) is 0. The van der Waals surface area contributed by atoms with Crippen LogP contribution in [0.25, 0.3) is 16.7 Å². The van der Waals surface area contributed by atoms with Crippen molar-refractivity contribution in [2.24, 2.45) is 17.2 Å². The van der Waals surface area contributed by atoms with Crippen LogP contribution < -0.4 is 27.4 Å². The first kappa shape index (κ1) is 43.0. The first-order valence-corrected chi connectivity index (χ1v) is 22.2. The summed E-state index contributed by atoms with van der Waals surface area (Å²) >= 11 is 0. The van der Waals surface area contributed by atoms with Crippen LogP contribution in [-0.2, 0) is 4.79 Å². The third-order valence-corrected chi connectivity index (χ3v) is 13.7. The lowest BCUT2D eigenvalue weighted by atomic mass is 9.87. The number of nitrogens with two attached hydrogens (primary N) is 3. The summed E-state index contributed by atoms with van der Waals surface area (Å²) in [6.45, 7) is 2.16. The number of amides is 4. The van der Waals surface area contributed by atoms with E-state index in [0.29, 0.717) is 41.4 Å². The molecule has 64 heavy (non-hydrogen) atoms. The fourth-order valence-electron chi connectivity index (χ4n) is 10.0. The lowest BCUT2D eigenvalue weighted by Gasteiger charge is -2.41. The molecule has 4 saturated heterocycles. The maximum atomic E-state index is 16.4. The van der Waals surface area contributed by atoms with E-state index in [9.17, 15) is 19.5 Å². The number of aromatic hydroxyl groups is 1. The molecule has 14 nitrogen and oxygen atoms in total. The smallest absolute Gasteiger partial charge is 0.328 e. The number of nitrogens with zero attached hydrogens (tertiary/aromatic N) is 6. The molecule has 5 fully saturated rings. The number of phenols is 1. The summed E-state index contributed by atoms with van der Waals surface area (Å²) in [5.74, 6) is -4.00. The zero-order valence-electron chi connectivity index (χ0n) is 35.7. The van der Waals surface area contributed by atoms with E-state index < -0.39 is 36.5 Å². The number of fused-ring (bicyclic) bond motifs is 1. The van der Waals surface area contributed by atoms with Crippen molar-refractivity contribution in [2.45, 2.75) is 80.8 Å². The minimum Gasteiger partial charge on any atom is -0.507 e. The third-order valence-electron chi connectivity index (χ3n) is 13.7. The maximum absolute atomic E-state index is 16.4. The van der Waals surface area contributed by atoms with Gasteiger partial charge in [-0.1, -0.05) is 24.3 Å². The number of para-hydroxylation sites is 1. The highest BCUT2D eigenvalue weighted by Gasteiger charge is 2.43. The summed E-state index contributed by atoms with van der Waals surface area (Å²) in [6, 6.07) is 14.9. The lowest BCUT2D eigenvalue weighted by Crippen LogP contribution is -2.51. The standard InChI is InChI=1S/C47H55F3N10O4/c48-46(27-56-16-11-33(12-17-56)60-26-37(30-7-8-30)36-21-34(24-54-43(36)60)59-18-13-41(62)55-45(59)64)14-19-57(20-15-46)44(63)31-9-5-29(6-10-31)32-23-47(49,50)28-58(25-32)39(42(52)53)22-38(51)35-3-1-2-4-40(35)61/h1-6,9-10,21-22,24,26,30,32-33,61H,7-8,11-20,23,25,27-28,51-53H2,(H,55,62,64)/b38-22-. The van der Waals surface area contributed by atoms with E-state index in [-0.39, 0.29) is 79.7 Å². The second-order valence-electron chi connectivity index (χ2n) is 18.3. The van der Waals surface area contributed by atoms with Crippen molar-refractivity contribution in [3.05, 3.63) is 107 Å². The van der Waals surface area contributed by atoms with Crippen LogP contribution in [0.3, 0.4) is 0 Å². The summed E-state index contributed by atoms with van der Waals surface area (Å²) in [5.41, 5.74) is 21.2. The molecule has 9 rings (SSSR count). The van der Waals surface area contributed by atoms with Crippen LogP contribution in [0.4, 0.5) is 23.7 Å². The number of hydrogen-bond acceptors (Lipinski definition) is 10. The minimum atomic E-state index is -3.08. The van der Waals surface area contributed by atoms with Crippen LogP contribution >= 0.6 is 0 Å². The molecule has 8 N–H and O–H groups in total. The molecule has 17 heteroatoms. The molecule has 0 bridgehead atoms. The molecule has 4 aliphatic heterocycles. The number of alkyl halides is 3. The van der Waals surface area contributed by atoms with Crippen LogP contribution in [0.5, 0.6) is 5.75 Å². The molecule has 4 amide bonds. The van der Waals surface area contributed by atoms with Gasteiger partial charge in [-0.25, -0.2) is 22.9 Å². The molecule has 0 radical (unpaired) electrons. The Bertz CT molecular complexity index is 2500. The van der Waals surface area contributed by atoms with Gasteiger partial charge in [0.25, 0.3) is 11.8 Å². The van der Waals surface area contributed by atoms with Crippen molar-refractivity contribution in [1.29, 1.82) is 0 Å². The number of halogens is 3. The molecule has 4 aromatic rings. The van der Waals surface area contributed by atoms with Crippen LogP contribution in [0.15, 0.2) is 84.6 Å². The fourth-order valence-corrected chi connectivity index (χ4v) is 10.0. The predicted molar refractivity (Wildman–Crippen MR) is 237 cm³/mol. The molecular weight excluding hydrogens is 826 g/mol. The van der Waals surface area contributed by atoms with Gasteiger partial charge in [-0.15, -0.1) is 0 Å². The van der Waals surface area contributed by atoms with E-state index in [1.165, 1.54) is 22.6 Å². The normalized spacial score (nSPS) is 22.1. The van der Waals surface area contributed by atoms with Gasteiger partial charge < -0.3 is 41.6 Å². The van der Waals surface area contributed by atoms with E-state index in [0.717, 1.165) is 49.8 Å². The SMILES string of the molecule is NC(N)=C(/C=C(\N)c1ccccc1O)N1CC(c2ccc(C(=O)N3CCC(F)(CN4CCC(n5cc(C6CC6)c6cc(N7CCC(=O)NC7=O)cnc65)CC4)CC3)cc2)CC(F)(F)C1. The van der Waals surface area contributed by atoms with Gasteiger partial charge >= 0.3 is 6.03 Å². The van der Waals surface area contributed by atoms with E-state index in [4.69, 9.17) is 22.2 Å². The number of likely N-dealkylation sites (tertiary alicyclic amines) is 3. The summed E-state index contributed by atoms with van der Waals surface area (Å²) < 4.78 is 49.3. The molecule has 1 aliphatic carbocycles. The van der Waals surface area contributed by atoms with Crippen LogP contribution in [0.2, 0.25) is 0 Å². The molecule has 2 aromatic heterocycles. The largest absolute Gasteiger partial charge is 0.507 e. The number of carbonyl (C=O) groups excluding carboxylic acids is 3. The number of phenolic OH excluding ortho intramolecular Hbond substituents is 1. The quantitative estimate of drug-likeness (QED) is 0.121. The molecule has 2 aromatic carbocycles.